The average Bonchev–Trinajstić information content (AvgIpc) is 2.27. The number of hydrogen-bond acceptors (Lipinski definition) is 2. The third kappa shape index (κ3) is 3.08. The lowest BCUT2D eigenvalue weighted by Crippen LogP contribution is -2.13. The van der Waals surface area contributed by atoms with Gasteiger partial charge in [-0.2, -0.15) is 0 Å². The summed E-state index contributed by atoms with van der Waals surface area (Å²) in [6.07, 6.45) is 0. The Morgan fingerprint density at radius 2 is 2.00 bits per heavy atom. The van der Waals surface area contributed by atoms with E-state index in [0.717, 1.165) is 11.3 Å². The molecule has 1 N–H and O–H groups in total. The van der Waals surface area contributed by atoms with Gasteiger partial charge < -0.3 is 5.32 Å². The average molecular weight is 261 g/mol. The molecule has 1 aromatic carbocycles. The van der Waals surface area contributed by atoms with E-state index in [1.807, 2.05) is 26.0 Å². The standard InChI is InChI=1S/C14H13ClN2O/c1-9-6-10(2)16-13(7-9)17-14(18)11-4-3-5-12(15)8-11/h3-8H,1-2H3,(H,16,17,18). The number of aromatic nitrogens is 1. The molecule has 0 aliphatic heterocycles. The molecule has 1 heterocycles. The monoisotopic (exact) mass is 260 g/mol. The molecular formula is C14H13ClN2O. The van der Waals surface area contributed by atoms with E-state index in [-0.39, 0.29) is 5.91 Å². The molecule has 18 heavy (non-hydrogen) atoms. The Morgan fingerprint density at radius 3 is 2.67 bits per heavy atom. The Hall–Kier alpha value is -1.87. The van der Waals surface area contributed by atoms with Crippen LogP contribution in [0, 0.1) is 13.8 Å². The van der Waals surface area contributed by atoms with Crippen molar-refractivity contribution in [3.8, 4) is 0 Å². The van der Waals surface area contributed by atoms with Crippen molar-refractivity contribution >= 4 is 23.3 Å². The minimum atomic E-state index is -0.213. The van der Waals surface area contributed by atoms with Gasteiger partial charge in [-0.15, -0.1) is 0 Å². The minimum Gasteiger partial charge on any atom is -0.307 e. The molecule has 4 heteroatoms. The second kappa shape index (κ2) is 5.19. The van der Waals surface area contributed by atoms with Crippen molar-refractivity contribution in [3.63, 3.8) is 0 Å². The minimum absolute atomic E-state index is 0.213. The van der Waals surface area contributed by atoms with Crippen molar-refractivity contribution < 1.29 is 4.79 Å². The summed E-state index contributed by atoms with van der Waals surface area (Å²) in [5.41, 5.74) is 2.45. The maximum atomic E-state index is 12.0. The number of benzene rings is 1. The lowest BCUT2D eigenvalue weighted by atomic mass is 10.2. The Morgan fingerprint density at radius 1 is 1.22 bits per heavy atom. The van der Waals surface area contributed by atoms with Crippen LogP contribution in [0.4, 0.5) is 5.82 Å². The van der Waals surface area contributed by atoms with Gasteiger partial charge in [-0.3, -0.25) is 4.79 Å². The maximum Gasteiger partial charge on any atom is 0.256 e. The zero-order valence-electron chi connectivity index (χ0n) is 10.2. The molecule has 3 nitrogen and oxygen atoms in total. The highest BCUT2D eigenvalue weighted by Gasteiger charge is 2.07. The number of amides is 1. The van der Waals surface area contributed by atoms with Crippen LogP contribution >= 0.6 is 11.6 Å². The van der Waals surface area contributed by atoms with Gasteiger partial charge in [-0.05, 0) is 49.7 Å². The van der Waals surface area contributed by atoms with Crippen LogP contribution < -0.4 is 5.32 Å². The summed E-state index contributed by atoms with van der Waals surface area (Å²) in [7, 11) is 0. The van der Waals surface area contributed by atoms with E-state index in [4.69, 9.17) is 11.6 Å². The number of carbonyl (C=O) groups excluding carboxylic acids is 1. The number of rotatable bonds is 2. The molecule has 1 amide bonds. The van der Waals surface area contributed by atoms with Gasteiger partial charge >= 0.3 is 0 Å². The molecule has 92 valence electrons. The van der Waals surface area contributed by atoms with Gasteiger partial charge in [-0.25, -0.2) is 4.98 Å². The van der Waals surface area contributed by atoms with Crippen molar-refractivity contribution in [2.75, 3.05) is 5.32 Å². The predicted octanol–water partition coefficient (Wildman–Crippen LogP) is 3.60. The van der Waals surface area contributed by atoms with Crippen LogP contribution in [0.15, 0.2) is 36.4 Å². The molecule has 0 bridgehead atoms. The first-order chi connectivity index (χ1) is 8.54. The van der Waals surface area contributed by atoms with Gasteiger partial charge in [0.25, 0.3) is 5.91 Å². The second-order valence-electron chi connectivity index (χ2n) is 4.14. The second-order valence-corrected chi connectivity index (χ2v) is 4.57. The predicted molar refractivity (Wildman–Crippen MR) is 73.1 cm³/mol. The first kappa shape index (κ1) is 12.6. The van der Waals surface area contributed by atoms with Crippen LogP contribution in [0.25, 0.3) is 0 Å². The van der Waals surface area contributed by atoms with Gasteiger partial charge in [-0.1, -0.05) is 17.7 Å². The van der Waals surface area contributed by atoms with Gasteiger partial charge in [0.1, 0.15) is 5.82 Å². The Kier molecular flexibility index (Phi) is 3.63. The van der Waals surface area contributed by atoms with Gasteiger partial charge in [0, 0.05) is 16.3 Å². The molecule has 0 saturated heterocycles. The molecule has 0 aliphatic rings. The molecule has 2 aromatic rings. The fraction of sp³-hybridized carbons (Fsp3) is 0.143. The zero-order valence-corrected chi connectivity index (χ0v) is 11.0. The van der Waals surface area contributed by atoms with Crippen LogP contribution in [0.1, 0.15) is 21.6 Å². The normalized spacial score (nSPS) is 10.2. The van der Waals surface area contributed by atoms with Gasteiger partial charge in [0.05, 0.1) is 0 Å². The summed E-state index contributed by atoms with van der Waals surface area (Å²) in [5.74, 6) is 0.340. The Balaban J connectivity index is 2.21. The summed E-state index contributed by atoms with van der Waals surface area (Å²) < 4.78 is 0. The topological polar surface area (TPSA) is 42.0 Å². The van der Waals surface area contributed by atoms with Crippen LogP contribution in [-0.2, 0) is 0 Å². The van der Waals surface area contributed by atoms with E-state index in [0.29, 0.717) is 16.4 Å². The summed E-state index contributed by atoms with van der Waals surface area (Å²) >= 11 is 5.85. The van der Waals surface area contributed by atoms with E-state index in [1.54, 1.807) is 24.3 Å². The number of carbonyl (C=O) groups is 1. The van der Waals surface area contributed by atoms with Crippen molar-refractivity contribution in [2.45, 2.75) is 13.8 Å². The fourth-order valence-electron chi connectivity index (χ4n) is 1.72. The molecule has 0 saturated carbocycles. The van der Waals surface area contributed by atoms with Crippen molar-refractivity contribution in [2.24, 2.45) is 0 Å². The summed E-state index contributed by atoms with van der Waals surface area (Å²) in [4.78, 5) is 16.2. The van der Waals surface area contributed by atoms with E-state index in [2.05, 4.69) is 10.3 Å². The van der Waals surface area contributed by atoms with Gasteiger partial charge in [0.2, 0.25) is 0 Å². The molecule has 0 atom stereocenters. The maximum absolute atomic E-state index is 12.0. The molecule has 0 unspecified atom stereocenters. The van der Waals surface area contributed by atoms with Crippen LogP contribution in [-0.4, -0.2) is 10.9 Å². The molecular weight excluding hydrogens is 248 g/mol. The summed E-state index contributed by atoms with van der Waals surface area (Å²) in [5, 5.41) is 3.30. The van der Waals surface area contributed by atoms with E-state index in [9.17, 15) is 4.79 Å². The number of aryl methyl sites for hydroxylation is 2. The van der Waals surface area contributed by atoms with Crippen molar-refractivity contribution in [1.29, 1.82) is 0 Å². The lowest BCUT2D eigenvalue weighted by molar-refractivity contribution is 0.102. The molecule has 0 spiro atoms. The van der Waals surface area contributed by atoms with Crippen LogP contribution in [0.3, 0.4) is 0 Å². The van der Waals surface area contributed by atoms with Crippen molar-refractivity contribution in [1.82, 2.24) is 4.98 Å². The van der Waals surface area contributed by atoms with Crippen LogP contribution in [0.5, 0.6) is 0 Å². The Labute approximate surface area is 111 Å². The third-order valence-electron chi connectivity index (χ3n) is 2.43. The summed E-state index contributed by atoms with van der Waals surface area (Å²) in [6.45, 7) is 3.85. The highest BCUT2D eigenvalue weighted by atomic mass is 35.5. The van der Waals surface area contributed by atoms with Crippen molar-refractivity contribution in [3.05, 3.63) is 58.2 Å². The Bertz CT molecular complexity index is 576. The highest BCUT2D eigenvalue weighted by molar-refractivity contribution is 6.31. The highest BCUT2D eigenvalue weighted by Crippen LogP contribution is 2.14. The summed E-state index contributed by atoms with van der Waals surface area (Å²) in [6, 6.07) is 10.6. The largest absolute Gasteiger partial charge is 0.307 e. The van der Waals surface area contributed by atoms with Gasteiger partial charge in [0.15, 0.2) is 0 Å². The number of pyridine rings is 1. The number of hydrogen-bond donors (Lipinski definition) is 1. The lowest BCUT2D eigenvalue weighted by Gasteiger charge is -2.06. The first-order valence-electron chi connectivity index (χ1n) is 5.57. The van der Waals surface area contributed by atoms with E-state index >= 15 is 0 Å². The SMILES string of the molecule is Cc1cc(C)nc(NC(=O)c2cccc(Cl)c2)c1. The molecule has 1 aromatic heterocycles. The molecule has 0 aliphatic carbocycles. The van der Waals surface area contributed by atoms with E-state index < -0.39 is 0 Å². The molecule has 0 radical (unpaired) electrons. The number of nitrogens with one attached hydrogen (secondary N) is 1. The zero-order chi connectivity index (χ0) is 13.1. The number of anilines is 1. The smallest absolute Gasteiger partial charge is 0.256 e. The molecule has 0 fully saturated rings. The third-order valence-corrected chi connectivity index (χ3v) is 2.66. The first-order valence-corrected chi connectivity index (χ1v) is 5.94. The van der Waals surface area contributed by atoms with E-state index in [1.165, 1.54) is 0 Å². The van der Waals surface area contributed by atoms with Crippen LogP contribution in [0.2, 0.25) is 5.02 Å². The number of halogens is 1. The number of nitrogens with zero attached hydrogens (tertiary/aromatic N) is 1. The fourth-order valence-corrected chi connectivity index (χ4v) is 1.91. The quantitative estimate of drug-likeness (QED) is 0.896. The molecule has 2 rings (SSSR count).